The molecule has 124 valence electrons. The molecule has 0 spiro atoms. The van der Waals surface area contributed by atoms with Crippen molar-refractivity contribution in [2.75, 3.05) is 13.1 Å². The van der Waals surface area contributed by atoms with Crippen molar-refractivity contribution >= 4 is 5.78 Å². The third kappa shape index (κ3) is 7.56. The Morgan fingerprint density at radius 3 is 2.32 bits per heavy atom. The summed E-state index contributed by atoms with van der Waals surface area (Å²) in [6.45, 7) is 13.9. The molecule has 0 aromatic heterocycles. The van der Waals surface area contributed by atoms with Crippen LogP contribution in [0.25, 0.3) is 0 Å². The van der Waals surface area contributed by atoms with Gasteiger partial charge in [-0.3, -0.25) is 4.79 Å². The molecule has 2 nitrogen and oxygen atoms in total. The van der Waals surface area contributed by atoms with E-state index in [4.69, 9.17) is 0 Å². The molecular formula is C20H33NO. The molecule has 2 heteroatoms. The fourth-order valence-electron chi connectivity index (χ4n) is 2.60. The summed E-state index contributed by atoms with van der Waals surface area (Å²) >= 11 is 0. The van der Waals surface area contributed by atoms with Crippen molar-refractivity contribution in [3.63, 3.8) is 0 Å². The molecule has 2 atom stereocenters. The predicted octanol–water partition coefficient (Wildman–Crippen LogP) is 4.97. The Balaban J connectivity index is 0.000000421. The summed E-state index contributed by atoms with van der Waals surface area (Å²) in [5.74, 6) is 1.72. The largest absolute Gasteiger partial charge is 0.316 e. The minimum Gasteiger partial charge on any atom is -0.316 e. The van der Waals surface area contributed by atoms with Gasteiger partial charge in [0.2, 0.25) is 0 Å². The molecule has 0 saturated carbocycles. The molecule has 2 unspecified atom stereocenters. The highest BCUT2D eigenvalue weighted by atomic mass is 16.1. The number of hydrogen-bond donors (Lipinski definition) is 1. The minimum absolute atomic E-state index is 0.141. The number of rotatable bonds is 5. The normalized spacial score (nSPS) is 19.3. The van der Waals surface area contributed by atoms with Crippen LogP contribution in [0.15, 0.2) is 43.0 Å². The molecule has 1 N–H and O–H groups in total. The third-order valence-corrected chi connectivity index (χ3v) is 3.82. The Morgan fingerprint density at radius 2 is 1.86 bits per heavy atom. The van der Waals surface area contributed by atoms with Crippen molar-refractivity contribution in [2.45, 2.75) is 52.9 Å². The van der Waals surface area contributed by atoms with Crippen LogP contribution in [-0.2, 0) is 4.79 Å². The minimum atomic E-state index is 0.141. The van der Waals surface area contributed by atoms with E-state index in [0.717, 1.165) is 24.8 Å². The lowest BCUT2D eigenvalue weighted by atomic mass is 9.87. The summed E-state index contributed by atoms with van der Waals surface area (Å²) in [5.41, 5.74) is 1.50. The van der Waals surface area contributed by atoms with Gasteiger partial charge in [-0.1, -0.05) is 71.0 Å². The number of allylic oxidation sites excluding steroid dienone is 1. The van der Waals surface area contributed by atoms with E-state index < -0.39 is 0 Å². The molecule has 2 rings (SSSR count). The van der Waals surface area contributed by atoms with Gasteiger partial charge in [-0.15, -0.1) is 0 Å². The summed E-state index contributed by atoms with van der Waals surface area (Å²) in [4.78, 5) is 10.3. The van der Waals surface area contributed by atoms with E-state index in [0.29, 0.717) is 6.42 Å². The SMILES string of the molecule is C=CC(=O)CCC.CC.CCC1CNCC1c1ccccc1. The van der Waals surface area contributed by atoms with Crippen LogP contribution in [0.2, 0.25) is 0 Å². The molecular weight excluding hydrogens is 270 g/mol. The maximum absolute atomic E-state index is 10.3. The highest BCUT2D eigenvalue weighted by Gasteiger charge is 2.26. The van der Waals surface area contributed by atoms with Crippen LogP contribution in [-0.4, -0.2) is 18.9 Å². The number of carbonyl (C=O) groups is 1. The third-order valence-electron chi connectivity index (χ3n) is 3.82. The maximum Gasteiger partial charge on any atom is 0.155 e. The quantitative estimate of drug-likeness (QED) is 0.778. The lowest BCUT2D eigenvalue weighted by Gasteiger charge is -2.16. The van der Waals surface area contributed by atoms with Crippen molar-refractivity contribution < 1.29 is 4.79 Å². The van der Waals surface area contributed by atoms with E-state index in [-0.39, 0.29) is 5.78 Å². The van der Waals surface area contributed by atoms with Crippen LogP contribution < -0.4 is 5.32 Å². The second-order valence-electron chi connectivity index (χ2n) is 5.26. The molecule has 1 aromatic rings. The summed E-state index contributed by atoms with van der Waals surface area (Å²) in [6, 6.07) is 10.9. The average Bonchev–Trinajstić information content (AvgIpc) is 3.07. The van der Waals surface area contributed by atoms with Crippen molar-refractivity contribution in [3.8, 4) is 0 Å². The van der Waals surface area contributed by atoms with E-state index in [1.165, 1.54) is 24.6 Å². The number of benzene rings is 1. The van der Waals surface area contributed by atoms with Crippen LogP contribution in [0.1, 0.15) is 58.4 Å². The van der Waals surface area contributed by atoms with Crippen molar-refractivity contribution in [2.24, 2.45) is 5.92 Å². The zero-order valence-electron chi connectivity index (χ0n) is 14.8. The van der Waals surface area contributed by atoms with Crippen LogP contribution in [0.3, 0.4) is 0 Å². The standard InChI is InChI=1S/C12H17N.C6H10O.C2H6/c1-2-10-8-13-9-12(10)11-6-4-3-5-7-11;1-3-5-6(7)4-2;1-2/h3-7,10,12-13H,2,8-9H2,1H3;4H,2-3,5H2,1H3;1-2H3. The summed E-state index contributed by atoms with van der Waals surface area (Å²) in [7, 11) is 0. The average molecular weight is 303 g/mol. The van der Waals surface area contributed by atoms with Crippen LogP contribution >= 0.6 is 0 Å². The van der Waals surface area contributed by atoms with E-state index in [1.807, 2.05) is 20.8 Å². The highest BCUT2D eigenvalue weighted by Crippen LogP contribution is 2.29. The molecule has 0 amide bonds. The topological polar surface area (TPSA) is 29.1 Å². The zero-order chi connectivity index (χ0) is 16.8. The van der Waals surface area contributed by atoms with E-state index in [1.54, 1.807) is 0 Å². The summed E-state index contributed by atoms with van der Waals surface area (Å²) in [6.07, 6.45) is 4.21. The first-order valence-corrected chi connectivity index (χ1v) is 8.63. The molecule has 1 fully saturated rings. The van der Waals surface area contributed by atoms with Gasteiger partial charge in [-0.25, -0.2) is 0 Å². The Kier molecular flexibility index (Phi) is 12.4. The number of nitrogens with one attached hydrogen (secondary N) is 1. The Morgan fingerprint density at radius 1 is 1.23 bits per heavy atom. The second kappa shape index (κ2) is 13.3. The smallest absolute Gasteiger partial charge is 0.155 e. The van der Waals surface area contributed by atoms with Crippen LogP contribution in [0, 0.1) is 5.92 Å². The molecule has 22 heavy (non-hydrogen) atoms. The molecule has 1 aliphatic heterocycles. The van der Waals surface area contributed by atoms with Crippen molar-refractivity contribution in [1.29, 1.82) is 0 Å². The molecule has 0 radical (unpaired) electrons. The van der Waals surface area contributed by atoms with Gasteiger partial charge in [0.25, 0.3) is 0 Å². The van der Waals surface area contributed by atoms with Gasteiger partial charge < -0.3 is 5.32 Å². The van der Waals surface area contributed by atoms with Crippen molar-refractivity contribution in [1.82, 2.24) is 5.32 Å². The van der Waals surface area contributed by atoms with Gasteiger partial charge in [0, 0.05) is 18.9 Å². The lowest BCUT2D eigenvalue weighted by molar-refractivity contribution is -0.114. The first-order valence-electron chi connectivity index (χ1n) is 8.63. The van der Waals surface area contributed by atoms with Gasteiger partial charge in [-0.2, -0.15) is 0 Å². The summed E-state index contributed by atoms with van der Waals surface area (Å²) in [5, 5.41) is 3.47. The Bertz CT molecular complexity index is 399. The van der Waals surface area contributed by atoms with Gasteiger partial charge in [0.15, 0.2) is 5.78 Å². The highest BCUT2D eigenvalue weighted by molar-refractivity contribution is 5.88. The fourth-order valence-corrected chi connectivity index (χ4v) is 2.60. The molecule has 0 aliphatic carbocycles. The van der Waals surface area contributed by atoms with Gasteiger partial charge >= 0.3 is 0 Å². The van der Waals surface area contributed by atoms with Crippen molar-refractivity contribution in [3.05, 3.63) is 48.6 Å². The monoisotopic (exact) mass is 303 g/mol. The molecule has 0 bridgehead atoms. The van der Waals surface area contributed by atoms with E-state index >= 15 is 0 Å². The summed E-state index contributed by atoms with van der Waals surface area (Å²) < 4.78 is 0. The first kappa shape index (κ1) is 20.6. The van der Waals surface area contributed by atoms with Crippen LogP contribution in [0.4, 0.5) is 0 Å². The van der Waals surface area contributed by atoms with E-state index in [2.05, 4.69) is 49.2 Å². The number of carbonyl (C=O) groups excluding carboxylic acids is 1. The molecule has 1 aromatic carbocycles. The number of hydrogen-bond acceptors (Lipinski definition) is 2. The first-order chi connectivity index (χ1) is 10.7. The molecule has 1 heterocycles. The Labute approximate surface area is 137 Å². The van der Waals surface area contributed by atoms with Gasteiger partial charge in [0.1, 0.15) is 0 Å². The maximum atomic E-state index is 10.3. The Hall–Kier alpha value is -1.41. The van der Waals surface area contributed by atoms with Crippen LogP contribution in [0.5, 0.6) is 0 Å². The zero-order valence-corrected chi connectivity index (χ0v) is 14.8. The molecule has 1 saturated heterocycles. The molecule has 1 aliphatic rings. The number of ketones is 1. The van der Waals surface area contributed by atoms with Gasteiger partial charge in [-0.05, 0) is 30.5 Å². The predicted molar refractivity (Wildman–Crippen MR) is 97.3 cm³/mol. The fraction of sp³-hybridized carbons (Fsp3) is 0.550. The van der Waals surface area contributed by atoms with E-state index in [9.17, 15) is 4.79 Å². The second-order valence-corrected chi connectivity index (χ2v) is 5.26. The lowest BCUT2D eigenvalue weighted by Crippen LogP contribution is -2.08. The van der Waals surface area contributed by atoms with Gasteiger partial charge in [0.05, 0.1) is 0 Å².